The largest absolute Gasteiger partial charge is 0.467 e. The fourth-order valence-corrected chi connectivity index (χ4v) is 5.28. The molecule has 9 nitrogen and oxygen atoms in total. The summed E-state index contributed by atoms with van der Waals surface area (Å²) in [5.41, 5.74) is 2.30. The van der Waals surface area contributed by atoms with Crippen molar-refractivity contribution in [3.8, 4) is 0 Å². The highest BCUT2D eigenvalue weighted by Gasteiger charge is 2.27. The third-order valence-electron chi connectivity index (χ3n) is 7.41. The Morgan fingerprint density at radius 1 is 0.861 bits per heavy atom. The SMILES string of the molecule is CC(C)N1CCN(C(=O)c2ccc3c(c2)cc(C(=O)N2CCN(CCOC=O)CC2)n3C(C)C)CC1. The van der Waals surface area contributed by atoms with Gasteiger partial charge in [-0.3, -0.25) is 24.2 Å². The molecule has 2 aliphatic heterocycles. The number of carbonyl (C=O) groups is 3. The summed E-state index contributed by atoms with van der Waals surface area (Å²) >= 11 is 0. The highest BCUT2D eigenvalue weighted by molar-refractivity contribution is 6.02. The van der Waals surface area contributed by atoms with Gasteiger partial charge in [0.1, 0.15) is 12.3 Å². The van der Waals surface area contributed by atoms with Crippen molar-refractivity contribution in [2.75, 3.05) is 65.5 Å². The Bertz CT molecular complexity index is 1080. The average Bonchev–Trinajstić information content (AvgIpc) is 3.27. The van der Waals surface area contributed by atoms with Crippen LogP contribution in [-0.4, -0.2) is 114 Å². The molecule has 0 spiro atoms. The molecule has 2 amide bonds. The van der Waals surface area contributed by atoms with Gasteiger partial charge in [0.2, 0.25) is 0 Å². The Morgan fingerprint density at radius 3 is 2.11 bits per heavy atom. The second-order valence-electron chi connectivity index (χ2n) is 10.3. The monoisotopic (exact) mass is 497 g/mol. The molecular weight excluding hydrogens is 458 g/mol. The van der Waals surface area contributed by atoms with Gasteiger partial charge in [-0.2, -0.15) is 0 Å². The Kier molecular flexibility index (Phi) is 8.31. The summed E-state index contributed by atoms with van der Waals surface area (Å²) in [6.45, 7) is 16.1. The number of aromatic nitrogens is 1. The van der Waals surface area contributed by atoms with Crippen molar-refractivity contribution in [1.29, 1.82) is 0 Å². The molecule has 3 heterocycles. The molecule has 2 saturated heterocycles. The topological polar surface area (TPSA) is 78.3 Å². The maximum atomic E-state index is 13.5. The summed E-state index contributed by atoms with van der Waals surface area (Å²) in [6, 6.07) is 8.35. The van der Waals surface area contributed by atoms with Gasteiger partial charge in [-0.1, -0.05) is 0 Å². The summed E-state index contributed by atoms with van der Waals surface area (Å²) in [7, 11) is 0. The Balaban J connectivity index is 1.49. The van der Waals surface area contributed by atoms with Crippen molar-refractivity contribution in [3.63, 3.8) is 0 Å². The lowest BCUT2D eigenvalue weighted by Crippen LogP contribution is -2.50. The van der Waals surface area contributed by atoms with Gasteiger partial charge in [-0.05, 0) is 52.0 Å². The second kappa shape index (κ2) is 11.4. The zero-order valence-electron chi connectivity index (χ0n) is 22.0. The fourth-order valence-electron chi connectivity index (χ4n) is 5.28. The lowest BCUT2D eigenvalue weighted by molar-refractivity contribution is -0.129. The van der Waals surface area contributed by atoms with Crippen LogP contribution >= 0.6 is 0 Å². The van der Waals surface area contributed by atoms with Crippen LogP contribution in [0, 0.1) is 0 Å². The van der Waals surface area contributed by atoms with E-state index >= 15 is 0 Å². The predicted octanol–water partition coefficient (Wildman–Crippen LogP) is 2.32. The van der Waals surface area contributed by atoms with Crippen LogP contribution in [0.15, 0.2) is 24.3 Å². The number of hydrogen-bond donors (Lipinski definition) is 0. The molecule has 196 valence electrons. The molecule has 1 aromatic carbocycles. The van der Waals surface area contributed by atoms with Gasteiger partial charge < -0.3 is 19.1 Å². The molecule has 0 saturated carbocycles. The number of benzene rings is 1. The van der Waals surface area contributed by atoms with Crippen LogP contribution in [0.4, 0.5) is 0 Å². The smallest absolute Gasteiger partial charge is 0.293 e. The third-order valence-corrected chi connectivity index (χ3v) is 7.41. The van der Waals surface area contributed by atoms with Crippen LogP contribution in [0.2, 0.25) is 0 Å². The van der Waals surface area contributed by atoms with Gasteiger partial charge >= 0.3 is 0 Å². The average molecular weight is 498 g/mol. The third kappa shape index (κ3) is 5.57. The molecule has 1 aromatic heterocycles. The van der Waals surface area contributed by atoms with Crippen molar-refractivity contribution in [2.24, 2.45) is 0 Å². The molecule has 0 unspecified atom stereocenters. The van der Waals surface area contributed by atoms with E-state index in [-0.39, 0.29) is 17.9 Å². The van der Waals surface area contributed by atoms with Crippen LogP contribution in [-0.2, 0) is 9.53 Å². The minimum absolute atomic E-state index is 0.0152. The lowest BCUT2D eigenvalue weighted by atomic mass is 10.1. The number of fused-ring (bicyclic) bond motifs is 1. The fraction of sp³-hybridized carbons (Fsp3) is 0.593. The minimum Gasteiger partial charge on any atom is -0.467 e. The van der Waals surface area contributed by atoms with E-state index in [2.05, 4.69) is 42.1 Å². The van der Waals surface area contributed by atoms with E-state index in [4.69, 9.17) is 4.74 Å². The first-order chi connectivity index (χ1) is 17.3. The molecule has 0 N–H and O–H groups in total. The van der Waals surface area contributed by atoms with Crippen molar-refractivity contribution in [2.45, 2.75) is 39.8 Å². The maximum Gasteiger partial charge on any atom is 0.293 e. The van der Waals surface area contributed by atoms with Crippen molar-refractivity contribution >= 4 is 29.2 Å². The van der Waals surface area contributed by atoms with Crippen LogP contribution in [0.3, 0.4) is 0 Å². The van der Waals surface area contributed by atoms with Gasteiger partial charge in [-0.25, -0.2) is 0 Å². The normalized spacial score (nSPS) is 17.8. The standard InChI is InChI=1S/C27H39N5O4/c1-20(2)29-11-13-30(14-12-29)26(34)22-5-6-24-23(17-22)18-25(32(24)21(3)4)27(35)31-9-7-28(8-10-31)15-16-36-19-33/h5-6,17-21H,7-16H2,1-4H3. The number of carbonyl (C=O) groups excluding carboxylic acids is 3. The summed E-state index contributed by atoms with van der Waals surface area (Å²) in [5, 5.41) is 0.920. The minimum atomic E-state index is 0.0152. The van der Waals surface area contributed by atoms with Crippen molar-refractivity contribution < 1.29 is 19.1 Å². The summed E-state index contributed by atoms with van der Waals surface area (Å²) in [4.78, 5) is 45.6. The lowest BCUT2D eigenvalue weighted by Gasteiger charge is -2.37. The van der Waals surface area contributed by atoms with Crippen molar-refractivity contribution in [1.82, 2.24) is 24.2 Å². The van der Waals surface area contributed by atoms with Gasteiger partial charge in [-0.15, -0.1) is 0 Å². The molecule has 2 fully saturated rings. The molecule has 36 heavy (non-hydrogen) atoms. The van der Waals surface area contributed by atoms with E-state index in [1.165, 1.54) is 0 Å². The number of hydrogen-bond acceptors (Lipinski definition) is 6. The molecule has 0 aliphatic carbocycles. The second-order valence-corrected chi connectivity index (χ2v) is 10.3. The number of ether oxygens (including phenoxy) is 1. The first-order valence-corrected chi connectivity index (χ1v) is 13.0. The zero-order chi connectivity index (χ0) is 25.8. The quantitative estimate of drug-likeness (QED) is 0.412. The summed E-state index contributed by atoms with van der Waals surface area (Å²) < 4.78 is 6.88. The molecule has 9 heteroatoms. The maximum absolute atomic E-state index is 13.5. The van der Waals surface area contributed by atoms with Crippen LogP contribution in [0.5, 0.6) is 0 Å². The Hall–Kier alpha value is -2.91. The van der Waals surface area contributed by atoms with Crippen LogP contribution in [0.1, 0.15) is 54.6 Å². The Morgan fingerprint density at radius 2 is 1.50 bits per heavy atom. The zero-order valence-corrected chi connectivity index (χ0v) is 22.0. The van der Waals surface area contributed by atoms with E-state index in [0.29, 0.717) is 50.0 Å². The highest BCUT2D eigenvalue weighted by Crippen LogP contribution is 2.27. The number of amides is 2. The van der Waals surface area contributed by atoms with E-state index in [1.54, 1.807) is 0 Å². The molecule has 0 bridgehead atoms. The first-order valence-electron chi connectivity index (χ1n) is 13.0. The van der Waals surface area contributed by atoms with E-state index in [1.807, 2.05) is 34.1 Å². The van der Waals surface area contributed by atoms with Crippen molar-refractivity contribution in [3.05, 3.63) is 35.5 Å². The van der Waals surface area contributed by atoms with Gasteiger partial charge in [0.05, 0.1) is 0 Å². The number of rotatable bonds is 8. The van der Waals surface area contributed by atoms with Gasteiger partial charge in [0.15, 0.2) is 0 Å². The first kappa shape index (κ1) is 26.2. The molecule has 2 aliphatic rings. The van der Waals surface area contributed by atoms with E-state index in [0.717, 1.165) is 50.2 Å². The van der Waals surface area contributed by atoms with Gasteiger partial charge in [0.25, 0.3) is 18.3 Å². The molecule has 4 rings (SSSR count). The number of nitrogens with zero attached hydrogens (tertiary/aromatic N) is 5. The summed E-state index contributed by atoms with van der Waals surface area (Å²) in [6.07, 6.45) is 0. The summed E-state index contributed by atoms with van der Waals surface area (Å²) in [5.74, 6) is 0.0709. The van der Waals surface area contributed by atoms with Crippen LogP contribution in [0.25, 0.3) is 10.9 Å². The van der Waals surface area contributed by atoms with Crippen LogP contribution < -0.4 is 0 Å². The Labute approximate surface area is 213 Å². The molecule has 0 atom stereocenters. The predicted molar refractivity (Wildman–Crippen MR) is 139 cm³/mol. The molecule has 2 aromatic rings. The molecule has 0 radical (unpaired) electrons. The highest BCUT2D eigenvalue weighted by atomic mass is 16.5. The van der Waals surface area contributed by atoms with E-state index in [9.17, 15) is 14.4 Å². The molecular formula is C27H39N5O4. The number of piperazine rings is 2. The van der Waals surface area contributed by atoms with Gasteiger partial charge in [0, 0.05) is 87.5 Å². The van der Waals surface area contributed by atoms with E-state index < -0.39 is 0 Å².